The maximum atomic E-state index is 12.3. The van der Waals surface area contributed by atoms with Crippen molar-refractivity contribution < 1.29 is 24.3 Å². The van der Waals surface area contributed by atoms with Gasteiger partial charge in [0.05, 0.1) is 6.04 Å². The molecular formula is C13H26N6O5. The molecule has 11 nitrogen and oxygen atoms in total. The summed E-state index contributed by atoms with van der Waals surface area (Å²) in [7, 11) is 1.60. The number of likely N-dealkylation sites (N-methyl/N-ethyl adjacent to an activating group) is 1. The molecule has 138 valence electrons. The molecule has 0 aliphatic carbocycles. The summed E-state index contributed by atoms with van der Waals surface area (Å²) in [6, 6.07) is -2.11. The third kappa shape index (κ3) is 7.00. The van der Waals surface area contributed by atoms with E-state index in [1.54, 1.807) is 7.05 Å². The minimum absolute atomic E-state index is 0.170. The van der Waals surface area contributed by atoms with Gasteiger partial charge in [-0.2, -0.15) is 0 Å². The van der Waals surface area contributed by atoms with Crippen LogP contribution in [0.1, 0.15) is 12.8 Å². The highest BCUT2D eigenvalue weighted by Crippen LogP contribution is 2.03. The lowest BCUT2D eigenvalue weighted by molar-refractivity contribution is -0.138. The van der Waals surface area contributed by atoms with Crippen molar-refractivity contribution in [1.29, 1.82) is 0 Å². The minimum Gasteiger partial charge on any atom is -0.481 e. The Hall–Kier alpha value is -2.08. The van der Waals surface area contributed by atoms with E-state index in [-0.39, 0.29) is 32.5 Å². The van der Waals surface area contributed by atoms with Gasteiger partial charge < -0.3 is 43.1 Å². The van der Waals surface area contributed by atoms with Crippen LogP contribution in [0.2, 0.25) is 0 Å². The summed E-state index contributed by atoms with van der Waals surface area (Å²) in [5, 5.41) is 16.2. The van der Waals surface area contributed by atoms with Crippen molar-refractivity contribution in [3.8, 4) is 0 Å². The molecule has 0 aromatic carbocycles. The van der Waals surface area contributed by atoms with Gasteiger partial charge in [-0.05, 0) is 13.5 Å². The van der Waals surface area contributed by atoms with E-state index in [0.29, 0.717) is 6.29 Å². The first-order valence-electron chi connectivity index (χ1n) is 7.36. The van der Waals surface area contributed by atoms with Gasteiger partial charge in [-0.15, -0.1) is 0 Å². The number of aliphatic carboxylic acids is 1. The first-order chi connectivity index (χ1) is 11.2. The second-order valence-corrected chi connectivity index (χ2v) is 5.33. The Bertz CT molecular complexity index is 454. The lowest BCUT2D eigenvalue weighted by Gasteiger charge is -2.29. The van der Waals surface area contributed by atoms with E-state index in [1.165, 1.54) is 0 Å². The molecule has 24 heavy (non-hydrogen) atoms. The molecule has 0 bridgehead atoms. The fourth-order valence-electron chi connectivity index (χ4n) is 1.77. The molecule has 0 aromatic rings. The Kier molecular flexibility index (Phi) is 9.73. The lowest BCUT2D eigenvalue weighted by atomic mass is 10.0. The molecule has 0 unspecified atom stereocenters. The molecule has 2 atom stereocenters. The number of hydrogen-bond acceptors (Lipinski definition) is 8. The van der Waals surface area contributed by atoms with Crippen molar-refractivity contribution >= 4 is 24.1 Å². The minimum atomic E-state index is -1.48. The second-order valence-electron chi connectivity index (χ2n) is 5.33. The van der Waals surface area contributed by atoms with Gasteiger partial charge in [-0.25, -0.2) is 0 Å². The SMILES string of the molecule is CNC[C@H](N)C(=O)N[C@@H](CCC(=O)O)C(=O)NC(C=O)(CN)CN. The van der Waals surface area contributed by atoms with Crippen LogP contribution in [0.3, 0.4) is 0 Å². The number of nitrogens with one attached hydrogen (secondary N) is 3. The summed E-state index contributed by atoms with van der Waals surface area (Å²) in [6.07, 6.45) is -0.129. The summed E-state index contributed by atoms with van der Waals surface area (Å²) in [5.74, 6) is -2.53. The summed E-state index contributed by atoms with van der Waals surface area (Å²) < 4.78 is 0. The van der Waals surface area contributed by atoms with Gasteiger partial charge in [-0.1, -0.05) is 0 Å². The zero-order valence-corrected chi connectivity index (χ0v) is 13.6. The molecule has 0 heterocycles. The third-order valence-electron chi connectivity index (χ3n) is 3.37. The quantitative estimate of drug-likeness (QED) is 0.171. The number of carboxylic acid groups (broad SMARTS) is 1. The molecule has 0 spiro atoms. The highest BCUT2D eigenvalue weighted by atomic mass is 16.4. The Labute approximate surface area is 139 Å². The molecule has 0 saturated heterocycles. The van der Waals surface area contributed by atoms with Crippen LogP contribution in [-0.2, 0) is 19.2 Å². The zero-order chi connectivity index (χ0) is 18.8. The maximum Gasteiger partial charge on any atom is 0.303 e. The Morgan fingerprint density at radius 1 is 1.21 bits per heavy atom. The van der Waals surface area contributed by atoms with Crippen LogP contribution in [0.5, 0.6) is 0 Å². The fourth-order valence-corrected chi connectivity index (χ4v) is 1.77. The van der Waals surface area contributed by atoms with Gasteiger partial charge in [-0.3, -0.25) is 14.4 Å². The first-order valence-corrected chi connectivity index (χ1v) is 7.36. The number of aldehydes is 1. The smallest absolute Gasteiger partial charge is 0.303 e. The predicted octanol–water partition coefficient (Wildman–Crippen LogP) is -4.15. The molecule has 0 fully saturated rings. The van der Waals surface area contributed by atoms with Gasteiger partial charge in [0, 0.05) is 26.1 Å². The molecule has 10 N–H and O–H groups in total. The molecular weight excluding hydrogens is 320 g/mol. The molecule has 0 radical (unpaired) electrons. The number of carboxylic acids is 1. The number of carbonyl (C=O) groups is 4. The van der Waals surface area contributed by atoms with Crippen molar-refractivity contribution in [2.45, 2.75) is 30.5 Å². The van der Waals surface area contributed by atoms with Crippen molar-refractivity contribution in [3.63, 3.8) is 0 Å². The average Bonchev–Trinajstić information content (AvgIpc) is 2.56. The number of amides is 2. The summed E-state index contributed by atoms with van der Waals surface area (Å²) in [6.45, 7) is -0.307. The van der Waals surface area contributed by atoms with Crippen LogP contribution in [0.4, 0.5) is 0 Å². The average molecular weight is 346 g/mol. The van der Waals surface area contributed by atoms with E-state index in [1.807, 2.05) is 0 Å². The highest BCUT2D eigenvalue weighted by molar-refractivity contribution is 5.92. The van der Waals surface area contributed by atoms with E-state index in [9.17, 15) is 19.2 Å². The monoisotopic (exact) mass is 346 g/mol. The molecule has 2 amide bonds. The molecule has 0 aromatic heterocycles. The van der Waals surface area contributed by atoms with Crippen LogP contribution in [0, 0.1) is 0 Å². The van der Waals surface area contributed by atoms with Gasteiger partial charge in [0.15, 0.2) is 0 Å². The second kappa shape index (κ2) is 10.6. The first kappa shape index (κ1) is 21.9. The van der Waals surface area contributed by atoms with Crippen molar-refractivity contribution in [2.24, 2.45) is 17.2 Å². The van der Waals surface area contributed by atoms with Gasteiger partial charge >= 0.3 is 5.97 Å². The van der Waals surface area contributed by atoms with Gasteiger partial charge in [0.1, 0.15) is 17.9 Å². The van der Waals surface area contributed by atoms with E-state index in [0.717, 1.165) is 0 Å². The van der Waals surface area contributed by atoms with Crippen molar-refractivity contribution in [3.05, 3.63) is 0 Å². The lowest BCUT2D eigenvalue weighted by Crippen LogP contribution is -2.64. The Morgan fingerprint density at radius 2 is 1.79 bits per heavy atom. The van der Waals surface area contributed by atoms with E-state index in [4.69, 9.17) is 22.3 Å². The predicted molar refractivity (Wildman–Crippen MR) is 85.7 cm³/mol. The van der Waals surface area contributed by atoms with Gasteiger partial charge in [0.25, 0.3) is 0 Å². The highest BCUT2D eigenvalue weighted by Gasteiger charge is 2.32. The van der Waals surface area contributed by atoms with Crippen LogP contribution in [0.25, 0.3) is 0 Å². The maximum absolute atomic E-state index is 12.3. The van der Waals surface area contributed by atoms with Crippen molar-refractivity contribution in [1.82, 2.24) is 16.0 Å². The third-order valence-corrected chi connectivity index (χ3v) is 3.37. The molecule has 0 saturated carbocycles. The number of rotatable bonds is 12. The van der Waals surface area contributed by atoms with Crippen LogP contribution in [-0.4, -0.2) is 73.5 Å². The number of hydrogen-bond donors (Lipinski definition) is 7. The van der Waals surface area contributed by atoms with Crippen molar-refractivity contribution in [2.75, 3.05) is 26.7 Å². The fraction of sp³-hybridized carbons (Fsp3) is 0.692. The summed E-state index contributed by atoms with van der Waals surface area (Å²) >= 11 is 0. The standard InChI is InChI=1S/C13H26N6O5/c1-17-4-8(16)11(23)18-9(2-3-10(21)22)12(24)19-13(5-14,6-15)7-20/h7-9,17H,2-6,14-16H2,1H3,(H,18,23)(H,19,24)(H,21,22)/t8-,9-/m0/s1. The van der Waals surface area contributed by atoms with Gasteiger partial charge in [0.2, 0.25) is 11.8 Å². The van der Waals surface area contributed by atoms with E-state index >= 15 is 0 Å². The molecule has 11 heteroatoms. The Balaban J connectivity index is 5.10. The summed E-state index contributed by atoms with van der Waals surface area (Å²) in [4.78, 5) is 46.1. The number of nitrogens with two attached hydrogens (primary N) is 3. The zero-order valence-electron chi connectivity index (χ0n) is 13.6. The summed E-state index contributed by atoms with van der Waals surface area (Å²) in [5.41, 5.74) is 15.0. The normalized spacial score (nSPS) is 13.7. The molecule has 0 aliphatic heterocycles. The van der Waals surface area contributed by atoms with Crippen LogP contribution >= 0.6 is 0 Å². The molecule has 0 aliphatic rings. The number of carbonyl (C=O) groups excluding carboxylic acids is 3. The van der Waals surface area contributed by atoms with Crippen LogP contribution < -0.4 is 33.2 Å². The van der Waals surface area contributed by atoms with E-state index in [2.05, 4.69) is 16.0 Å². The van der Waals surface area contributed by atoms with Crippen LogP contribution in [0.15, 0.2) is 0 Å². The van der Waals surface area contributed by atoms with E-state index < -0.39 is 35.4 Å². The molecule has 0 rings (SSSR count). The largest absolute Gasteiger partial charge is 0.481 e. The Morgan fingerprint density at radius 3 is 2.21 bits per heavy atom. The topological polar surface area (TPSA) is 203 Å².